The molecule has 0 radical (unpaired) electrons. The van der Waals surface area contributed by atoms with Gasteiger partial charge in [-0.15, -0.1) is 0 Å². The van der Waals surface area contributed by atoms with E-state index in [1.807, 2.05) is 18.2 Å². The Balaban J connectivity index is 1.54. The number of rotatable bonds is 6. The van der Waals surface area contributed by atoms with E-state index in [1.54, 1.807) is 6.26 Å². The van der Waals surface area contributed by atoms with Crippen molar-refractivity contribution in [2.24, 2.45) is 0 Å². The summed E-state index contributed by atoms with van der Waals surface area (Å²) in [6.07, 6.45) is 4.41. The van der Waals surface area contributed by atoms with Gasteiger partial charge in [0.25, 0.3) is 0 Å². The molecule has 1 fully saturated rings. The summed E-state index contributed by atoms with van der Waals surface area (Å²) in [7, 11) is 0. The van der Waals surface area contributed by atoms with Crippen LogP contribution < -0.4 is 10.1 Å². The fourth-order valence-corrected chi connectivity index (χ4v) is 2.62. The van der Waals surface area contributed by atoms with Crippen molar-refractivity contribution >= 4 is 15.9 Å². The summed E-state index contributed by atoms with van der Waals surface area (Å²) in [6.45, 7) is 3.38. The van der Waals surface area contributed by atoms with Crippen LogP contribution in [0.25, 0.3) is 0 Å². The first-order valence-corrected chi connectivity index (χ1v) is 7.68. The predicted molar refractivity (Wildman–Crippen MR) is 81.8 cm³/mol. The van der Waals surface area contributed by atoms with Gasteiger partial charge in [0.1, 0.15) is 18.1 Å². The molecule has 2 aromatic rings. The smallest absolute Gasteiger partial charge is 0.146 e. The molecule has 106 valence electrons. The van der Waals surface area contributed by atoms with Crippen molar-refractivity contribution in [3.05, 3.63) is 51.9 Å². The average molecular weight is 336 g/mol. The lowest BCUT2D eigenvalue weighted by Crippen LogP contribution is -2.14. The van der Waals surface area contributed by atoms with Crippen LogP contribution in [0.2, 0.25) is 0 Å². The molecule has 1 aliphatic carbocycles. The maximum absolute atomic E-state index is 5.77. The second kappa shape index (κ2) is 6.02. The molecule has 20 heavy (non-hydrogen) atoms. The lowest BCUT2D eigenvalue weighted by molar-refractivity contribution is 0.268. The van der Waals surface area contributed by atoms with Crippen LogP contribution in [0.3, 0.4) is 0 Å². The number of nitrogens with one attached hydrogen (secondary N) is 1. The van der Waals surface area contributed by atoms with Gasteiger partial charge in [-0.3, -0.25) is 0 Å². The van der Waals surface area contributed by atoms with Crippen molar-refractivity contribution in [2.45, 2.75) is 39.0 Å². The molecule has 1 N–H and O–H groups in total. The highest BCUT2D eigenvalue weighted by Gasteiger charge is 2.20. The molecular formula is C16H18BrNO2. The summed E-state index contributed by atoms with van der Waals surface area (Å²) >= 11 is 3.51. The van der Waals surface area contributed by atoms with Crippen LogP contribution in [0.1, 0.15) is 29.7 Å². The summed E-state index contributed by atoms with van der Waals surface area (Å²) in [5.74, 6) is 1.69. The zero-order valence-electron chi connectivity index (χ0n) is 11.5. The minimum atomic E-state index is 0.449. The zero-order chi connectivity index (χ0) is 13.9. The molecule has 4 heteroatoms. The summed E-state index contributed by atoms with van der Waals surface area (Å²) < 4.78 is 12.3. The zero-order valence-corrected chi connectivity index (χ0v) is 13.1. The summed E-state index contributed by atoms with van der Waals surface area (Å²) in [5, 5.41) is 3.47. The quantitative estimate of drug-likeness (QED) is 0.859. The number of halogens is 1. The topological polar surface area (TPSA) is 34.4 Å². The largest absolute Gasteiger partial charge is 0.484 e. The van der Waals surface area contributed by atoms with Gasteiger partial charge in [-0.1, -0.05) is 6.07 Å². The van der Waals surface area contributed by atoms with Crippen molar-refractivity contribution in [3.8, 4) is 5.75 Å². The van der Waals surface area contributed by atoms with Crippen LogP contribution in [0.15, 0.2) is 39.4 Å². The van der Waals surface area contributed by atoms with E-state index in [-0.39, 0.29) is 0 Å². The molecule has 1 saturated carbocycles. The Labute approximate surface area is 127 Å². The second-order valence-electron chi connectivity index (χ2n) is 5.30. The molecule has 3 rings (SSSR count). The first-order chi connectivity index (χ1) is 9.70. The molecule has 1 aromatic carbocycles. The second-order valence-corrected chi connectivity index (χ2v) is 6.15. The lowest BCUT2D eigenvalue weighted by atomic mass is 10.2. The van der Waals surface area contributed by atoms with Crippen LogP contribution in [-0.4, -0.2) is 6.04 Å². The molecule has 0 atom stereocenters. The number of hydrogen-bond donors (Lipinski definition) is 1. The summed E-state index contributed by atoms with van der Waals surface area (Å²) in [6, 6.07) is 8.82. The third-order valence-corrected chi connectivity index (χ3v) is 3.96. The van der Waals surface area contributed by atoms with Crippen LogP contribution in [-0.2, 0) is 13.2 Å². The van der Waals surface area contributed by atoms with E-state index < -0.39 is 0 Å². The molecule has 1 aromatic heterocycles. The maximum atomic E-state index is 5.77. The summed E-state index contributed by atoms with van der Waals surface area (Å²) in [5.41, 5.74) is 2.38. The van der Waals surface area contributed by atoms with Crippen molar-refractivity contribution < 1.29 is 9.15 Å². The molecule has 0 saturated heterocycles. The van der Waals surface area contributed by atoms with E-state index in [4.69, 9.17) is 9.15 Å². The van der Waals surface area contributed by atoms with Crippen molar-refractivity contribution in [2.75, 3.05) is 0 Å². The van der Waals surface area contributed by atoms with Gasteiger partial charge in [0.05, 0.1) is 10.7 Å². The van der Waals surface area contributed by atoms with E-state index in [2.05, 4.69) is 34.2 Å². The van der Waals surface area contributed by atoms with Gasteiger partial charge in [0.15, 0.2) is 0 Å². The molecule has 0 unspecified atom stereocenters. The van der Waals surface area contributed by atoms with Crippen LogP contribution in [0.5, 0.6) is 5.75 Å². The summed E-state index contributed by atoms with van der Waals surface area (Å²) in [4.78, 5) is 0. The highest BCUT2D eigenvalue weighted by atomic mass is 79.9. The molecule has 0 spiro atoms. The number of ether oxygens (including phenoxy) is 1. The third-order valence-electron chi connectivity index (χ3n) is 3.34. The molecule has 3 nitrogen and oxygen atoms in total. The van der Waals surface area contributed by atoms with Crippen LogP contribution >= 0.6 is 15.9 Å². The molecule has 0 amide bonds. The van der Waals surface area contributed by atoms with E-state index in [1.165, 1.54) is 24.0 Å². The Kier molecular flexibility index (Phi) is 4.13. The van der Waals surface area contributed by atoms with Crippen molar-refractivity contribution in [1.29, 1.82) is 0 Å². The van der Waals surface area contributed by atoms with Gasteiger partial charge in [-0.05, 0) is 59.5 Å². The molecule has 1 heterocycles. The number of hydrogen-bond acceptors (Lipinski definition) is 3. The molecule has 0 aliphatic heterocycles. The minimum absolute atomic E-state index is 0.449. The Bertz CT molecular complexity index is 590. The monoisotopic (exact) mass is 335 g/mol. The minimum Gasteiger partial charge on any atom is -0.484 e. The average Bonchev–Trinajstić information content (AvgIpc) is 3.14. The third kappa shape index (κ3) is 3.64. The number of furan rings is 1. The van der Waals surface area contributed by atoms with Crippen molar-refractivity contribution in [3.63, 3.8) is 0 Å². The lowest BCUT2D eigenvalue weighted by Gasteiger charge is -2.07. The number of benzene rings is 1. The Morgan fingerprint density at radius 3 is 2.95 bits per heavy atom. The molecule has 1 aliphatic rings. The van der Waals surface area contributed by atoms with Gasteiger partial charge in [0, 0.05) is 18.2 Å². The van der Waals surface area contributed by atoms with Gasteiger partial charge < -0.3 is 14.5 Å². The van der Waals surface area contributed by atoms with Crippen LogP contribution in [0.4, 0.5) is 0 Å². The molecule has 0 bridgehead atoms. The Morgan fingerprint density at radius 2 is 2.20 bits per heavy atom. The molecular weight excluding hydrogens is 318 g/mol. The predicted octanol–water partition coefficient (Wildman–Crippen LogP) is 4.18. The van der Waals surface area contributed by atoms with E-state index >= 15 is 0 Å². The normalized spacial score (nSPS) is 14.5. The SMILES string of the molecule is Cc1ccc(OCc2cc(CNC3CC3)co2)c(Br)c1. The fraction of sp³-hybridized carbons (Fsp3) is 0.375. The van der Waals surface area contributed by atoms with Gasteiger partial charge in [-0.2, -0.15) is 0 Å². The highest BCUT2D eigenvalue weighted by Crippen LogP contribution is 2.26. The van der Waals surface area contributed by atoms with Gasteiger partial charge in [-0.25, -0.2) is 0 Å². The number of aryl methyl sites for hydroxylation is 1. The maximum Gasteiger partial charge on any atom is 0.146 e. The Morgan fingerprint density at radius 1 is 1.35 bits per heavy atom. The van der Waals surface area contributed by atoms with E-state index in [9.17, 15) is 0 Å². The fourth-order valence-electron chi connectivity index (χ4n) is 2.02. The first kappa shape index (κ1) is 13.7. The van der Waals surface area contributed by atoms with E-state index in [0.29, 0.717) is 12.6 Å². The standard InChI is InChI=1S/C16H18BrNO2/c1-11-2-5-16(15(17)6-11)20-10-14-7-12(9-19-14)8-18-13-3-4-13/h2,5-7,9,13,18H,3-4,8,10H2,1H3. The van der Waals surface area contributed by atoms with E-state index in [0.717, 1.165) is 22.5 Å². The highest BCUT2D eigenvalue weighted by molar-refractivity contribution is 9.10. The Hall–Kier alpha value is -1.26. The van der Waals surface area contributed by atoms with Gasteiger partial charge >= 0.3 is 0 Å². The van der Waals surface area contributed by atoms with Crippen molar-refractivity contribution in [1.82, 2.24) is 5.32 Å². The van der Waals surface area contributed by atoms with Crippen LogP contribution in [0, 0.1) is 6.92 Å². The first-order valence-electron chi connectivity index (χ1n) is 6.89. The van der Waals surface area contributed by atoms with Gasteiger partial charge in [0.2, 0.25) is 0 Å².